The number of thiophene rings is 1. The summed E-state index contributed by atoms with van der Waals surface area (Å²) in [5, 5.41) is 3.69. The molecule has 0 radical (unpaired) electrons. The van der Waals surface area contributed by atoms with Gasteiger partial charge in [0.25, 0.3) is 0 Å². The third kappa shape index (κ3) is 4.39. The lowest BCUT2D eigenvalue weighted by Crippen LogP contribution is -2.25. The summed E-state index contributed by atoms with van der Waals surface area (Å²) in [6.07, 6.45) is 3.33. The molecule has 2 aromatic rings. The van der Waals surface area contributed by atoms with Crippen molar-refractivity contribution in [1.29, 1.82) is 0 Å². The molecule has 2 aromatic heterocycles. The van der Waals surface area contributed by atoms with E-state index < -0.39 is 0 Å². The average molecular weight is 302 g/mol. The van der Waals surface area contributed by atoms with Gasteiger partial charge in [-0.2, -0.15) is 0 Å². The van der Waals surface area contributed by atoms with Gasteiger partial charge in [-0.05, 0) is 57.0 Å². The number of hydrogen-bond donors (Lipinski definition) is 1. The number of nitrogens with zero attached hydrogens (tertiary/aromatic N) is 1. The summed E-state index contributed by atoms with van der Waals surface area (Å²) in [5.74, 6) is 0. The van der Waals surface area contributed by atoms with Crippen molar-refractivity contribution in [1.82, 2.24) is 10.3 Å². The third-order valence-electron chi connectivity index (χ3n) is 3.75. The Hall–Kier alpha value is -1.19. The van der Waals surface area contributed by atoms with Crippen molar-refractivity contribution in [2.75, 3.05) is 6.54 Å². The van der Waals surface area contributed by atoms with Crippen LogP contribution in [-0.4, -0.2) is 11.5 Å². The molecule has 1 unspecified atom stereocenters. The van der Waals surface area contributed by atoms with Crippen LogP contribution in [0, 0.1) is 13.8 Å². The Morgan fingerprint density at radius 3 is 2.48 bits per heavy atom. The van der Waals surface area contributed by atoms with Gasteiger partial charge in [-0.3, -0.25) is 4.98 Å². The van der Waals surface area contributed by atoms with Crippen LogP contribution in [0.5, 0.6) is 0 Å². The molecule has 0 bridgehead atoms. The van der Waals surface area contributed by atoms with Crippen LogP contribution in [0.1, 0.15) is 53.0 Å². The van der Waals surface area contributed by atoms with Gasteiger partial charge in [0, 0.05) is 33.6 Å². The van der Waals surface area contributed by atoms with Crippen LogP contribution in [0.3, 0.4) is 0 Å². The largest absolute Gasteiger partial charge is 0.310 e. The Morgan fingerprint density at radius 2 is 1.86 bits per heavy atom. The molecule has 0 amide bonds. The number of aromatic nitrogens is 1. The van der Waals surface area contributed by atoms with Crippen molar-refractivity contribution in [3.63, 3.8) is 0 Å². The van der Waals surface area contributed by atoms with Crippen LogP contribution in [0.4, 0.5) is 0 Å². The molecule has 1 atom stereocenters. The Labute approximate surface area is 132 Å². The second-order valence-corrected chi connectivity index (χ2v) is 6.81. The van der Waals surface area contributed by atoms with E-state index in [0.717, 1.165) is 37.2 Å². The summed E-state index contributed by atoms with van der Waals surface area (Å²) in [5.41, 5.74) is 3.58. The highest BCUT2D eigenvalue weighted by Crippen LogP contribution is 2.25. The highest BCUT2D eigenvalue weighted by molar-refractivity contribution is 7.11. The standard InChI is InChI=1S/C18H26N2S/c1-5-11-19-18(12-16-9-8-15(6-2)21-16)17-10-7-13(3)20-14(17)4/h7-10,18-19H,5-6,11-12H2,1-4H3. The van der Waals surface area contributed by atoms with E-state index in [9.17, 15) is 0 Å². The zero-order chi connectivity index (χ0) is 15.2. The summed E-state index contributed by atoms with van der Waals surface area (Å²) < 4.78 is 0. The molecular weight excluding hydrogens is 276 g/mol. The van der Waals surface area contributed by atoms with E-state index in [0.29, 0.717) is 6.04 Å². The van der Waals surface area contributed by atoms with Crippen molar-refractivity contribution >= 4 is 11.3 Å². The summed E-state index contributed by atoms with van der Waals surface area (Å²) in [4.78, 5) is 7.56. The Balaban J connectivity index is 2.20. The van der Waals surface area contributed by atoms with Crippen LogP contribution in [0.25, 0.3) is 0 Å². The predicted octanol–water partition coefficient (Wildman–Crippen LogP) is 4.61. The summed E-state index contributed by atoms with van der Waals surface area (Å²) in [7, 11) is 0. The van der Waals surface area contributed by atoms with Crippen LogP contribution >= 0.6 is 11.3 Å². The van der Waals surface area contributed by atoms with Crippen molar-refractivity contribution in [3.8, 4) is 0 Å². The fourth-order valence-corrected chi connectivity index (χ4v) is 3.60. The van der Waals surface area contributed by atoms with E-state index in [4.69, 9.17) is 0 Å². The molecule has 0 fully saturated rings. The van der Waals surface area contributed by atoms with Gasteiger partial charge in [-0.25, -0.2) is 0 Å². The number of aryl methyl sites for hydroxylation is 3. The summed E-state index contributed by atoms with van der Waals surface area (Å²) in [6.45, 7) is 9.65. The molecule has 0 aromatic carbocycles. The normalized spacial score (nSPS) is 12.6. The highest BCUT2D eigenvalue weighted by Gasteiger charge is 2.15. The molecule has 1 N–H and O–H groups in total. The minimum absolute atomic E-state index is 0.362. The van der Waals surface area contributed by atoms with Gasteiger partial charge in [-0.15, -0.1) is 11.3 Å². The van der Waals surface area contributed by atoms with Gasteiger partial charge in [0.1, 0.15) is 0 Å². The van der Waals surface area contributed by atoms with Gasteiger partial charge in [0.2, 0.25) is 0 Å². The van der Waals surface area contributed by atoms with E-state index >= 15 is 0 Å². The molecule has 2 rings (SSSR count). The first-order chi connectivity index (χ1) is 10.1. The lowest BCUT2D eigenvalue weighted by molar-refractivity contribution is 0.528. The van der Waals surface area contributed by atoms with Crippen molar-refractivity contribution in [3.05, 3.63) is 51.0 Å². The van der Waals surface area contributed by atoms with Gasteiger partial charge < -0.3 is 5.32 Å². The maximum absolute atomic E-state index is 4.63. The van der Waals surface area contributed by atoms with E-state index in [-0.39, 0.29) is 0 Å². The lowest BCUT2D eigenvalue weighted by atomic mass is 10.0. The second-order valence-electron chi connectivity index (χ2n) is 5.56. The predicted molar refractivity (Wildman–Crippen MR) is 92.1 cm³/mol. The smallest absolute Gasteiger partial charge is 0.0423 e. The van der Waals surface area contributed by atoms with Crippen LogP contribution in [0.15, 0.2) is 24.3 Å². The number of hydrogen-bond acceptors (Lipinski definition) is 3. The molecule has 0 aliphatic heterocycles. The average Bonchev–Trinajstić information content (AvgIpc) is 2.91. The molecule has 21 heavy (non-hydrogen) atoms. The van der Waals surface area contributed by atoms with Crippen molar-refractivity contribution in [2.45, 2.75) is 53.0 Å². The minimum Gasteiger partial charge on any atom is -0.310 e. The van der Waals surface area contributed by atoms with Gasteiger partial charge in [0.05, 0.1) is 0 Å². The molecule has 0 aliphatic carbocycles. The second kappa shape index (κ2) is 7.71. The third-order valence-corrected chi connectivity index (χ3v) is 5.01. The van der Waals surface area contributed by atoms with E-state index in [1.807, 2.05) is 11.3 Å². The molecule has 2 heterocycles. The molecule has 2 nitrogen and oxygen atoms in total. The van der Waals surface area contributed by atoms with E-state index in [2.05, 4.69) is 62.3 Å². The van der Waals surface area contributed by atoms with Crippen LogP contribution in [-0.2, 0) is 12.8 Å². The molecule has 0 spiro atoms. The maximum atomic E-state index is 4.63. The number of nitrogens with one attached hydrogen (secondary N) is 1. The number of pyridine rings is 1. The van der Waals surface area contributed by atoms with Gasteiger partial charge in [-0.1, -0.05) is 19.9 Å². The zero-order valence-electron chi connectivity index (χ0n) is 13.6. The molecule has 0 saturated carbocycles. The van der Waals surface area contributed by atoms with Crippen molar-refractivity contribution in [2.24, 2.45) is 0 Å². The topological polar surface area (TPSA) is 24.9 Å². The first kappa shape index (κ1) is 16.2. The van der Waals surface area contributed by atoms with Crippen molar-refractivity contribution < 1.29 is 0 Å². The summed E-state index contributed by atoms with van der Waals surface area (Å²) in [6, 6.07) is 9.26. The summed E-state index contributed by atoms with van der Waals surface area (Å²) >= 11 is 1.94. The fraction of sp³-hybridized carbons (Fsp3) is 0.500. The first-order valence-corrected chi connectivity index (χ1v) is 8.70. The quantitative estimate of drug-likeness (QED) is 0.808. The van der Waals surface area contributed by atoms with Crippen LogP contribution in [0.2, 0.25) is 0 Å². The molecule has 114 valence electrons. The Kier molecular flexibility index (Phi) is 5.95. The Bertz CT molecular complexity index is 574. The lowest BCUT2D eigenvalue weighted by Gasteiger charge is -2.20. The van der Waals surface area contributed by atoms with Gasteiger partial charge in [0.15, 0.2) is 0 Å². The molecular formula is C18H26N2S. The molecule has 3 heteroatoms. The van der Waals surface area contributed by atoms with Crippen LogP contribution < -0.4 is 5.32 Å². The fourth-order valence-electron chi connectivity index (χ4n) is 2.60. The first-order valence-electron chi connectivity index (χ1n) is 7.89. The number of rotatable bonds is 7. The highest BCUT2D eigenvalue weighted by atomic mass is 32.1. The van der Waals surface area contributed by atoms with Gasteiger partial charge >= 0.3 is 0 Å². The monoisotopic (exact) mass is 302 g/mol. The SMILES string of the molecule is CCCNC(Cc1ccc(CC)s1)c1ccc(C)nc1C. The molecule has 0 saturated heterocycles. The minimum atomic E-state index is 0.362. The van der Waals surface area contributed by atoms with E-state index in [1.54, 1.807) is 0 Å². The maximum Gasteiger partial charge on any atom is 0.0423 e. The molecule has 0 aliphatic rings. The Morgan fingerprint density at radius 1 is 1.10 bits per heavy atom. The zero-order valence-corrected chi connectivity index (χ0v) is 14.4. The van der Waals surface area contributed by atoms with E-state index in [1.165, 1.54) is 15.3 Å².